The molecule has 0 unspecified atom stereocenters. The second kappa shape index (κ2) is 10.8. The van der Waals surface area contributed by atoms with E-state index < -0.39 is 16.1 Å². The normalized spacial score (nSPS) is 15.7. The van der Waals surface area contributed by atoms with Crippen molar-refractivity contribution in [3.63, 3.8) is 0 Å². The highest BCUT2D eigenvalue weighted by Gasteiger charge is 2.37. The third kappa shape index (κ3) is 5.75. The van der Waals surface area contributed by atoms with E-state index in [9.17, 15) is 18.0 Å². The van der Waals surface area contributed by atoms with Crippen LogP contribution in [0, 0.1) is 0 Å². The number of carbonyl (C=O) groups excluding carboxylic acids is 2. The molecule has 2 heterocycles. The number of fused-ring (bicyclic) bond motifs is 1. The van der Waals surface area contributed by atoms with Crippen LogP contribution in [0.3, 0.4) is 0 Å². The van der Waals surface area contributed by atoms with E-state index in [1.54, 1.807) is 31.3 Å². The lowest BCUT2D eigenvalue weighted by molar-refractivity contribution is -0.122. The Labute approximate surface area is 205 Å². The van der Waals surface area contributed by atoms with E-state index >= 15 is 0 Å². The maximum atomic E-state index is 13.7. The second-order valence-corrected chi connectivity index (χ2v) is 10.2. The van der Waals surface area contributed by atoms with E-state index in [0.717, 1.165) is 16.8 Å². The Morgan fingerprint density at radius 3 is 2.46 bits per heavy atom. The lowest BCUT2D eigenvalue weighted by atomic mass is 9.92. The van der Waals surface area contributed by atoms with Crippen molar-refractivity contribution >= 4 is 27.5 Å². The van der Waals surface area contributed by atoms with Gasteiger partial charge in [0.2, 0.25) is 21.8 Å². The van der Waals surface area contributed by atoms with Gasteiger partial charge in [0, 0.05) is 31.3 Å². The molecule has 1 aliphatic heterocycles. The Bertz CT molecular complexity index is 1290. The van der Waals surface area contributed by atoms with E-state index in [1.165, 1.54) is 16.4 Å². The van der Waals surface area contributed by atoms with Crippen molar-refractivity contribution in [3.8, 4) is 0 Å². The number of hydrogen-bond acceptors (Lipinski definition) is 5. The molecule has 3 aromatic rings. The van der Waals surface area contributed by atoms with Crippen LogP contribution >= 0.6 is 0 Å². The molecule has 8 nitrogen and oxygen atoms in total. The molecule has 0 saturated heterocycles. The van der Waals surface area contributed by atoms with E-state index in [1.807, 2.05) is 36.4 Å². The minimum Gasteiger partial charge on any atom is -0.350 e. The third-order valence-corrected chi connectivity index (χ3v) is 7.92. The number of carbonyl (C=O) groups is 2. The molecule has 0 aliphatic carbocycles. The van der Waals surface area contributed by atoms with Gasteiger partial charge in [0.1, 0.15) is 0 Å². The molecule has 1 aromatic heterocycles. The van der Waals surface area contributed by atoms with Crippen molar-refractivity contribution in [3.05, 3.63) is 89.7 Å². The number of benzene rings is 2. The van der Waals surface area contributed by atoms with E-state index in [4.69, 9.17) is 0 Å². The predicted molar refractivity (Wildman–Crippen MR) is 133 cm³/mol. The fourth-order valence-corrected chi connectivity index (χ4v) is 5.77. The molecule has 1 aliphatic rings. The summed E-state index contributed by atoms with van der Waals surface area (Å²) < 4.78 is 28.7. The molecule has 0 spiro atoms. The number of anilines is 1. The monoisotopic (exact) mass is 492 g/mol. The van der Waals surface area contributed by atoms with E-state index in [-0.39, 0.29) is 36.2 Å². The second-order valence-electron chi connectivity index (χ2n) is 8.31. The molecule has 9 heteroatoms. The van der Waals surface area contributed by atoms with Crippen molar-refractivity contribution in [2.75, 3.05) is 11.9 Å². The first-order valence-electron chi connectivity index (χ1n) is 11.5. The Hall–Kier alpha value is -3.56. The molecule has 0 bridgehead atoms. The first-order valence-corrected chi connectivity index (χ1v) is 13.0. The molecule has 0 radical (unpaired) electrons. The minimum atomic E-state index is -3.89. The summed E-state index contributed by atoms with van der Waals surface area (Å²) in [5.74, 6) is -0.403. The van der Waals surface area contributed by atoms with E-state index in [0.29, 0.717) is 18.5 Å². The summed E-state index contributed by atoms with van der Waals surface area (Å²) in [5, 5.41) is 5.58. The Kier molecular flexibility index (Phi) is 7.57. The molecular formula is C26H28N4O4S. The first-order chi connectivity index (χ1) is 16.9. The van der Waals surface area contributed by atoms with Crippen LogP contribution in [0.2, 0.25) is 0 Å². The van der Waals surface area contributed by atoms with Crippen LogP contribution in [0.1, 0.15) is 42.6 Å². The number of nitrogens with zero attached hydrogens (tertiary/aromatic N) is 2. The zero-order valence-corrected chi connectivity index (χ0v) is 20.3. The topological polar surface area (TPSA) is 108 Å². The van der Waals surface area contributed by atoms with Gasteiger partial charge in [0.05, 0.1) is 23.2 Å². The van der Waals surface area contributed by atoms with Crippen LogP contribution in [0.4, 0.5) is 5.69 Å². The average molecular weight is 493 g/mol. The number of rotatable bonds is 8. The van der Waals surface area contributed by atoms with Gasteiger partial charge in [-0.25, -0.2) is 8.42 Å². The maximum Gasteiger partial charge on any atom is 0.243 e. The summed E-state index contributed by atoms with van der Waals surface area (Å²) in [5.41, 5.74) is 3.14. The molecule has 35 heavy (non-hydrogen) atoms. The predicted octanol–water partition coefficient (Wildman–Crippen LogP) is 3.42. The van der Waals surface area contributed by atoms with Crippen molar-refractivity contribution in [2.24, 2.45) is 0 Å². The number of pyridine rings is 1. The van der Waals surface area contributed by atoms with E-state index in [2.05, 4.69) is 15.6 Å². The highest BCUT2D eigenvalue weighted by atomic mass is 32.2. The molecule has 0 fully saturated rings. The highest BCUT2D eigenvalue weighted by molar-refractivity contribution is 7.89. The molecule has 2 aromatic carbocycles. The number of nitrogens with one attached hydrogen (secondary N) is 2. The zero-order chi connectivity index (χ0) is 24.8. The van der Waals surface area contributed by atoms with Gasteiger partial charge >= 0.3 is 0 Å². The number of hydrogen-bond donors (Lipinski definition) is 2. The van der Waals surface area contributed by atoms with Crippen molar-refractivity contribution in [2.45, 2.75) is 43.7 Å². The van der Waals surface area contributed by atoms with Gasteiger partial charge in [-0.3, -0.25) is 14.6 Å². The van der Waals surface area contributed by atoms with Gasteiger partial charge in [0.25, 0.3) is 0 Å². The van der Waals surface area contributed by atoms with Crippen molar-refractivity contribution in [1.29, 1.82) is 0 Å². The number of sulfonamides is 1. The lowest BCUT2D eigenvalue weighted by Gasteiger charge is -2.36. The van der Waals surface area contributed by atoms with Crippen molar-refractivity contribution < 1.29 is 18.0 Å². The van der Waals surface area contributed by atoms with Crippen LogP contribution in [0.5, 0.6) is 0 Å². The third-order valence-electron chi connectivity index (χ3n) is 6.00. The molecule has 1 atom stereocenters. The van der Waals surface area contributed by atoms with Crippen LogP contribution in [0.25, 0.3) is 0 Å². The quantitative estimate of drug-likeness (QED) is 0.501. The summed E-state index contributed by atoms with van der Waals surface area (Å²) in [6, 6.07) is 18.6. The SMILES string of the molecule is CCC(=O)Nc1ccc(S(=O)(=O)N2CCc3ccccc3[C@H]2CC(=O)NCc2ccccn2)cc1. The van der Waals surface area contributed by atoms with Crippen molar-refractivity contribution in [1.82, 2.24) is 14.6 Å². The summed E-state index contributed by atoms with van der Waals surface area (Å²) in [7, 11) is -3.89. The maximum absolute atomic E-state index is 13.7. The Balaban J connectivity index is 1.57. The Morgan fingerprint density at radius 2 is 1.74 bits per heavy atom. The molecule has 0 saturated carbocycles. The van der Waals surface area contributed by atoms with Crippen LogP contribution in [-0.2, 0) is 32.6 Å². The van der Waals surface area contributed by atoms with Gasteiger partial charge in [-0.1, -0.05) is 37.3 Å². The standard InChI is InChI=1S/C26H28N4O4S/c1-2-25(31)29-20-10-12-22(13-11-20)35(33,34)30-16-14-19-7-3-4-9-23(19)24(30)17-26(32)28-18-21-8-5-6-15-27-21/h3-13,15,24H,2,14,16-18H2,1H3,(H,28,32)(H,29,31)/t24-/m1/s1. The molecule has 2 amide bonds. The van der Waals surface area contributed by atoms with Crippen LogP contribution in [-0.4, -0.2) is 36.1 Å². The lowest BCUT2D eigenvalue weighted by Crippen LogP contribution is -2.42. The first kappa shape index (κ1) is 24.6. The van der Waals surface area contributed by atoms with Gasteiger partial charge in [0.15, 0.2) is 0 Å². The number of aromatic nitrogens is 1. The summed E-state index contributed by atoms with van der Waals surface area (Å²) >= 11 is 0. The zero-order valence-electron chi connectivity index (χ0n) is 19.5. The fourth-order valence-electron chi connectivity index (χ4n) is 4.16. The molecular weight excluding hydrogens is 464 g/mol. The number of amides is 2. The highest BCUT2D eigenvalue weighted by Crippen LogP contribution is 2.36. The Morgan fingerprint density at radius 1 is 1.00 bits per heavy atom. The molecule has 4 rings (SSSR count). The molecule has 182 valence electrons. The summed E-state index contributed by atoms with van der Waals surface area (Å²) in [6.45, 7) is 2.28. The summed E-state index contributed by atoms with van der Waals surface area (Å²) in [6.07, 6.45) is 2.54. The average Bonchev–Trinajstić information content (AvgIpc) is 2.88. The van der Waals surface area contributed by atoms with Gasteiger partial charge in [-0.05, 0) is 53.9 Å². The van der Waals surface area contributed by atoms with Gasteiger partial charge < -0.3 is 10.6 Å². The van der Waals surface area contributed by atoms with Gasteiger partial charge in [-0.2, -0.15) is 4.31 Å². The summed E-state index contributed by atoms with van der Waals surface area (Å²) in [4.78, 5) is 28.8. The largest absolute Gasteiger partial charge is 0.350 e. The van der Waals surface area contributed by atoms with Crippen LogP contribution in [0.15, 0.2) is 77.8 Å². The minimum absolute atomic E-state index is 0.00623. The molecule has 2 N–H and O–H groups in total. The van der Waals surface area contributed by atoms with Crippen LogP contribution < -0.4 is 10.6 Å². The van der Waals surface area contributed by atoms with Gasteiger partial charge in [-0.15, -0.1) is 0 Å². The fraction of sp³-hybridized carbons (Fsp3) is 0.269. The smallest absolute Gasteiger partial charge is 0.243 e.